The van der Waals surface area contributed by atoms with Crippen molar-refractivity contribution in [2.75, 3.05) is 83.1 Å². The number of nitrogens with one attached hydrogen (secondary N) is 4. The molecule has 1 atom stereocenters. The molecule has 0 radical (unpaired) electrons. The smallest absolute Gasteiger partial charge is 0.407 e. The lowest BCUT2D eigenvalue weighted by Crippen LogP contribution is -2.41. The quantitative estimate of drug-likeness (QED) is 0.0433. The van der Waals surface area contributed by atoms with Gasteiger partial charge in [-0.1, -0.05) is 64.5 Å². The van der Waals surface area contributed by atoms with Crippen LogP contribution in [0.1, 0.15) is 159 Å². The van der Waals surface area contributed by atoms with E-state index < -0.39 is 22.5 Å². The van der Waals surface area contributed by atoms with Crippen LogP contribution in [-0.4, -0.2) is 128 Å². The number of carbonyl (C=O) groups is 2. The number of ketones is 1. The number of Topliss-reactive ketones (excluding diaryl/α,β-unsaturated/α-hetero) is 1. The molecule has 1 amide bonds. The van der Waals surface area contributed by atoms with Gasteiger partial charge in [-0.3, -0.25) is 14.8 Å². The van der Waals surface area contributed by atoms with Crippen LogP contribution in [0.2, 0.25) is 10.0 Å². The maximum Gasteiger partial charge on any atom is 0.407 e. The van der Waals surface area contributed by atoms with Gasteiger partial charge < -0.3 is 50.7 Å². The van der Waals surface area contributed by atoms with E-state index in [-0.39, 0.29) is 34.7 Å². The van der Waals surface area contributed by atoms with Crippen molar-refractivity contribution in [1.82, 2.24) is 30.6 Å². The molecule has 2 saturated carbocycles. The largest absolute Gasteiger partial charge is 0.444 e. The lowest BCUT2D eigenvalue weighted by molar-refractivity contribution is -0.121. The van der Waals surface area contributed by atoms with E-state index in [9.17, 15) is 20.1 Å². The van der Waals surface area contributed by atoms with E-state index in [1.54, 1.807) is 33.2 Å². The number of nitrogens with two attached hydrogens (primary N) is 1. The van der Waals surface area contributed by atoms with Crippen LogP contribution >= 0.6 is 23.2 Å². The third-order valence-electron chi connectivity index (χ3n) is 15.7. The minimum atomic E-state index is -0.496. The van der Waals surface area contributed by atoms with Crippen LogP contribution in [0.25, 0.3) is 22.5 Å². The molecular formula is C67H103Cl2N11O7. The molecule has 0 aromatic carbocycles. The molecule has 0 bridgehead atoms. The molecule has 4 fully saturated rings. The Labute approximate surface area is 530 Å². The van der Waals surface area contributed by atoms with Crippen molar-refractivity contribution < 1.29 is 33.3 Å². The van der Waals surface area contributed by atoms with E-state index in [0.717, 1.165) is 129 Å². The van der Waals surface area contributed by atoms with Crippen LogP contribution in [0.15, 0.2) is 60.9 Å². The summed E-state index contributed by atoms with van der Waals surface area (Å²) in [6.07, 6.45) is 18.2. The summed E-state index contributed by atoms with van der Waals surface area (Å²) < 4.78 is 26.5. The number of hydrogen-bond acceptors (Lipinski definition) is 17. The lowest BCUT2D eigenvalue weighted by atomic mass is 9.82. The molecule has 4 aromatic heterocycles. The first kappa shape index (κ1) is 75.7. The van der Waals surface area contributed by atoms with Crippen LogP contribution in [-0.2, 0) is 41.3 Å². The zero-order chi connectivity index (χ0) is 60.4. The molecule has 2 aliphatic heterocycles. The number of amides is 1. The maximum absolute atomic E-state index is 11.1. The third kappa shape index (κ3) is 26.6. The second-order valence-corrected chi connectivity index (χ2v) is 24.9. The van der Waals surface area contributed by atoms with Crippen molar-refractivity contribution in [1.29, 1.82) is 10.5 Å². The van der Waals surface area contributed by atoms with Gasteiger partial charge in [-0.05, 0) is 179 Å². The van der Waals surface area contributed by atoms with E-state index >= 15 is 0 Å². The van der Waals surface area contributed by atoms with Crippen LogP contribution in [0.3, 0.4) is 0 Å². The van der Waals surface area contributed by atoms with Gasteiger partial charge in [0.05, 0.1) is 57.6 Å². The molecule has 87 heavy (non-hydrogen) atoms. The van der Waals surface area contributed by atoms with Gasteiger partial charge >= 0.3 is 6.09 Å². The van der Waals surface area contributed by atoms with Crippen LogP contribution in [0, 0.1) is 45.3 Å². The number of halogens is 2. The fraction of sp³-hybridized carbons (Fsp3) is 0.642. The van der Waals surface area contributed by atoms with Crippen molar-refractivity contribution in [3.05, 3.63) is 82.4 Å². The first-order valence-corrected chi connectivity index (χ1v) is 31.0. The van der Waals surface area contributed by atoms with Gasteiger partial charge in [0.15, 0.2) is 5.78 Å². The lowest BCUT2D eigenvalue weighted by Gasteiger charge is -2.31. The predicted octanol–water partition coefficient (Wildman–Crippen LogP) is 13.6. The highest BCUT2D eigenvalue weighted by atomic mass is 35.5. The molecule has 20 heteroatoms. The van der Waals surface area contributed by atoms with E-state index in [2.05, 4.69) is 69.4 Å². The third-order valence-corrected chi connectivity index (χ3v) is 16.3. The van der Waals surface area contributed by atoms with Gasteiger partial charge in [0.25, 0.3) is 0 Å². The number of carbonyl (C=O) groups excluding carboxylic acids is 2. The van der Waals surface area contributed by atoms with Crippen molar-refractivity contribution in [3.8, 4) is 34.7 Å². The summed E-state index contributed by atoms with van der Waals surface area (Å²) in [5, 5.41) is 33.6. The van der Waals surface area contributed by atoms with Gasteiger partial charge in [-0.15, -0.1) is 0 Å². The van der Waals surface area contributed by atoms with Crippen molar-refractivity contribution in [2.45, 2.75) is 184 Å². The molecule has 4 aromatic rings. The fourth-order valence-corrected chi connectivity index (χ4v) is 11.2. The van der Waals surface area contributed by atoms with Crippen LogP contribution in [0.4, 0.5) is 16.4 Å². The number of nitrogens with zero attached hydrogens (tertiary/aromatic N) is 6. The molecule has 2 aliphatic carbocycles. The molecular weight excluding hydrogens is 1140 g/mol. The number of pyridine rings is 4. The van der Waals surface area contributed by atoms with Gasteiger partial charge in [0.2, 0.25) is 0 Å². The summed E-state index contributed by atoms with van der Waals surface area (Å²) in [4.78, 5) is 40.4. The maximum atomic E-state index is 11.1. The molecule has 6 heterocycles. The van der Waals surface area contributed by atoms with Crippen molar-refractivity contribution in [2.24, 2.45) is 28.4 Å². The Morgan fingerprint density at radius 1 is 0.736 bits per heavy atom. The van der Waals surface area contributed by atoms with Gasteiger partial charge in [-0.25, -0.2) is 14.8 Å². The molecule has 4 aliphatic rings. The monoisotopic (exact) mass is 1240 g/mol. The zero-order valence-electron chi connectivity index (χ0n) is 50.4. The van der Waals surface area contributed by atoms with E-state index in [1.807, 2.05) is 36.4 Å². The Morgan fingerprint density at radius 2 is 1.21 bits per heavy atom. The molecule has 6 N–H and O–H groups in total. The summed E-state index contributed by atoms with van der Waals surface area (Å²) in [7, 11) is 0. The molecule has 18 nitrogen and oxygen atoms in total. The number of nitriles is 2. The minimum Gasteiger partial charge on any atom is -0.444 e. The fourth-order valence-electron chi connectivity index (χ4n) is 10.8. The first-order chi connectivity index (χ1) is 40.4. The van der Waals surface area contributed by atoms with E-state index in [0.29, 0.717) is 92.7 Å². The van der Waals surface area contributed by atoms with Gasteiger partial charge in [0.1, 0.15) is 23.8 Å². The highest BCUT2D eigenvalue weighted by molar-refractivity contribution is 6.33. The molecule has 2 saturated heterocycles. The minimum absolute atomic E-state index is 0. The number of hydrogen-bond donors (Lipinski definition) is 5. The van der Waals surface area contributed by atoms with Gasteiger partial charge in [-0.2, -0.15) is 10.5 Å². The van der Waals surface area contributed by atoms with E-state index in [4.69, 9.17) is 62.6 Å². The Balaban J connectivity index is 0.000000365. The number of aromatic nitrogens is 4. The second kappa shape index (κ2) is 38.8. The van der Waals surface area contributed by atoms with E-state index in [1.165, 1.54) is 32.6 Å². The number of alkyl carbamates (subject to hydrolysis) is 1. The Kier molecular flexibility index (Phi) is 33.7. The molecule has 482 valence electrons. The van der Waals surface area contributed by atoms with Crippen molar-refractivity contribution >= 4 is 46.7 Å². The molecule has 0 spiro atoms. The summed E-state index contributed by atoms with van der Waals surface area (Å²) in [6.45, 7) is 17.1. The summed E-state index contributed by atoms with van der Waals surface area (Å²) in [6, 6.07) is 22.2. The number of rotatable bonds is 23. The Bertz CT molecular complexity index is 2740. The predicted molar refractivity (Wildman–Crippen MR) is 351 cm³/mol. The molecule has 1 unspecified atom stereocenters. The topological polar surface area (TPSA) is 254 Å². The van der Waals surface area contributed by atoms with Crippen LogP contribution < -0.4 is 27.0 Å². The number of ether oxygens (including phenoxy) is 5. The zero-order valence-corrected chi connectivity index (χ0v) is 51.9. The summed E-state index contributed by atoms with van der Waals surface area (Å²) >= 11 is 13.1. The first-order valence-electron chi connectivity index (χ1n) is 30.2. The summed E-state index contributed by atoms with van der Waals surface area (Å²) in [5.74, 6) is 2.72. The van der Waals surface area contributed by atoms with Crippen LogP contribution in [0.5, 0.6) is 0 Å². The summed E-state index contributed by atoms with van der Waals surface area (Å²) in [5.41, 5.74) is 10.3. The average Bonchev–Trinajstić information content (AvgIpc) is 3.26. The Morgan fingerprint density at radius 3 is 1.64 bits per heavy atom. The number of anilines is 2. The highest BCUT2D eigenvalue weighted by Crippen LogP contribution is 2.35. The standard InChI is InChI=1S/C30H42ClN5O2.C24H30ClN5O.C10H19NO4.3CH4/c1-3-13-38-19-22(2)35-24-9-7-23(8-10-24)16-25-17-26(27(31)18-33-25)28-5-4-6-29(36-28)34-21-30(20-32)11-14-37-15-12-30;25-21-14-28-19(12-17-4-6-18(27)7-5-17)13-20(21)22-2-1-3-23(30-22)29-16-24(15-26)8-10-31-11-9-24;1-8(12)7-14-6-5-11-9(13)15-10(2,3)4;;;/h4-6,17-18,22-24,35H,3,7-16,19,21H2,1-2H3,(H,34,36);1-3,13-14,17-18H,4-12,16,27H2,(H,29,30);5-7H2,1-4H3,(H,11,13);3*1H4. The van der Waals surface area contributed by atoms with Crippen molar-refractivity contribution in [3.63, 3.8) is 0 Å². The second-order valence-electron chi connectivity index (χ2n) is 24.1. The highest BCUT2D eigenvalue weighted by Gasteiger charge is 2.34. The molecule has 8 rings (SSSR count). The Hall–Kier alpha value is -5.54. The normalized spacial score (nSPS) is 19.7. The SMILES string of the molecule is C.C.C.CC(=O)COCCNC(=O)OC(C)(C)C.CCCOCC(C)NC1CCC(Cc2cc(-c3cccc(NCC4(C#N)CCOCC4)n3)c(Cl)cn2)CC1.N#CC1(CNc2cccc(-c3cc(CC4CCC(N)CC4)ncc3Cl)n2)CCOCC1. The van der Waals surface area contributed by atoms with Gasteiger partial charge in [0, 0.05) is 106 Å². The average molecular weight is 1250 g/mol.